The summed E-state index contributed by atoms with van der Waals surface area (Å²) in [7, 11) is 1.74. The van der Waals surface area contributed by atoms with Crippen LogP contribution in [0.3, 0.4) is 0 Å². The van der Waals surface area contributed by atoms with E-state index in [4.69, 9.17) is 4.74 Å². The third-order valence-corrected chi connectivity index (χ3v) is 5.05. The van der Waals surface area contributed by atoms with Gasteiger partial charge in [0, 0.05) is 38.9 Å². The Morgan fingerprint density at radius 2 is 1.81 bits per heavy atom. The average molecular weight is 351 g/mol. The number of hydrogen-bond acceptors (Lipinski definition) is 5. The van der Waals surface area contributed by atoms with Crippen molar-refractivity contribution in [1.29, 1.82) is 0 Å². The van der Waals surface area contributed by atoms with Crippen LogP contribution >= 0.6 is 0 Å². The van der Waals surface area contributed by atoms with Crippen molar-refractivity contribution >= 4 is 16.9 Å². The maximum absolute atomic E-state index is 5.50. The van der Waals surface area contributed by atoms with E-state index in [-0.39, 0.29) is 0 Å². The number of hydrogen-bond donors (Lipinski definition) is 0. The summed E-state index contributed by atoms with van der Waals surface area (Å²) in [5.74, 6) is 0.959. The number of imidazole rings is 1. The first-order valence-corrected chi connectivity index (χ1v) is 9.21. The predicted molar refractivity (Wildman–Crippen MR) is 104 cm³/mol. The molecule has 4 rings (SSSR count). The standard InChI is InChI=1S/C20H25N5O/c1-26-19-8-3-2-7-18(19)24-14-12-23(13-15-24)10-5-11-25-16-22-17-6-4-9-21-20(17)25/h2-4,6-9,16H,5,10-15H2,1H3. The Morgan fingerprint density at radius 3 is 2.65 bits per heavy atom. The maximum atomic E-state index is 5.50. The second-order valence-corrected chi connectivity index (χ2v) is 6.64. The molecular weight excluding hydrogens is 326 g/mol. The lowest BCUT2D eigenvalue weighted by molar-refractivity contribution is 0.250. The molecule has 0 unspecified atom stereocenters. The number of nitrogens with zero attached hydrogens (tertiary/aromatic N) is 5. The molecule has 136 valence electrons. The second kappa shape index (κ2) is 7.74. The SMILES string of the molecule is COc1ccccc1N1CCN(CCCn2cnc3cccnc32)CC1. The van der Waals surface area contributed by atoms with E-state index in [2.05, 4.69) is 36.5 Å². The molecule has 0 N–H and O–H groups in total. The highest BCUT2D eigenvalue weighted by atomic mass is 16.5. The van der Waals surface area contributed by atoms with Gasteiger partial charge in [-0.3, -0.25) is 4.90 Å². The van der Waals surface area contributed by atoms with Gasteiger partial charge in [0.2, 0.25) is 0 Å². The minimum absolute atomic E-state index is 0.959. The van der Waals surface area contributed by atoms with Gasteiger partial charge < -0.3 is 14.2 Å². The van der Waals surface area contributed by atoms with Gasteiger partial charge in [0.1, 0.15) is 11.3 Å². The fourth-order valence-corrected chi connectivity index (χ4v) is 3.63. The number of piperazine rings is 1. The number of para-hydroxylation sites is 2. The number of aromatic nitrogens is 3. The number of rotatable bonds is 6. The fourth-order valence-electron chi connectivity index (χ4n) is 3.63. The molecule has 0 atom stereocenters. The maximum Gasteiger partial charge on any atom is 0.159 e. The normalized spacial score (nSPS) is 15.5. The number of anilines is 1. The smallest absolute Gasteiger partial charge is 0.159 e. The van der Waals surface area contributed by atoms with Crippen molar-refractivity contribution < 1.29 is 4.74 Å². The summed E-state index contributed by atoms with van der Waals surface area (Å²) in [6.45, 7) is 6.31. The summed E-state index contributed by atoms with van der Waals surface area (Å²) in [5, 5.41) is 0. The summed E-state index contributed by atoms with van der Waals surface area (Å²) >= 11 is 0. The summed E-state index contributed by atoms with van der Waals surface area (Å²) in [5.41, 5.74) is 3.15. The van der Waals surface area contributed by atoms with Crippen LogP contribution in [-0.4, -0.2) is 59.3 Å². The lowest BCUT2D eigenvalue weighted by atomic mass is 10.2. The zero-order valence-corrected chi connectivity index (χ0v) is 15.2. The molecule has 2 aromatic heterocycles. The van der Waals surface area contributed by atoms with Crippen LogP contribution in [0.4, 0.5) is 5.69 Å². The van der Waals surface area contributed by atoms with E-state index in [0.29, 0.717) is 0 Å². The summed E-state index contributed by atoms with van der Waals surface area (Å²) in [4.78, 5) is 13.8. The van der Waals surface area contributed by atoms with E-state index in [1.165, 1.54) is 5.69 Å². The van der Waals surface area contributed by atoms with Crippen molar-refractivity contribution in [2.75, 3.05) is 44.7 Å². The molecule has 1 aromatic carbocycles. The number of benzene rings is 1. The largest absolute Gasteiger partial charge is 0.495 e. The highest BCUT2D eigenvalue weighted by Crippen LogP contribution is 2.28. The molecule has 1 aliphatic rings. The third-order valence-electron chi connectivity index (χ3n) is 5.05. The first kappa shape index (κ1) is 16.8. The Balaban J connectivity index is 1.28. The van der Waals surface area contributed by atoms with E-state index in [1.807, 2.05) is 36.8 Å². The van der Waals surface area contributed by atoms with Crippen molar-refractivity contribution in [2.45, 2.75) is 13.0 Å². The number of fused-ring (bicyclic) bond motifs is 1. The van der Waals surface area contributed by atoms with Gasteiger partial charge in [-0.2, -0.15) is 0 Å². The number of pyridine rings is 1. The van der Waals surface area contributed by atoms with E-state index in [1.54, 1.807) is 7.11 Å². The third kappa shape index (κ3) is 3.51. The Hall–Kier alpha value is -2.60. The lowest BCUT2D eigenvalue weighted by Gasteiger charge is -2.36. The van der Waals surface area contributed by atoms with Crippen molar-refractivity contribution in [2.24, 2.45) is 0 Å². The molecular formula is C20H25N5O. The molecule has 1 fully saturated rings. The monoisotopic (exact) mass is 351 g/mol. The van der Waals surface area contributed by atoms with E-state index in [0.717, 1.165) is 62.6 Å². The molecule has 0 amide bonds. The molecule has 0 radical (unpaired) electrons. The Labute approximate surface area is 154 Å². The molecule has 1 aliphatic heterocycles. The van der Waals surface area contributed by atoms with Crippen molar-refractivity contribution in [3.05, 3.63) is 48.9 Å². The van der Waals surface area contributed by atoms with Gasteiger partial charge in [-0.1, -0.05) is 12.1 Å². The average Bonchev–Trinajstić information content (AvgIpc) is 3.12. The fraction of sp³-hybridized carbons (Fsp3) is 0.400. The van der Waals surface area contributed by atoms with Crippen molar-refractivity contribution in [3.8, 4) is 5.75 Å². The van der Waals surface area contributed by atoms with Gasteiger partial charge in [0.25, 0.3) is 0 Å². The molecule has 0 spiro atoms. The summed E-state index contributed by atoms with van der Waals surface area (Å²) in [6, 6.07) is 12.2. The molecule has 6 heteroatoms. The van der Waals surface area contributed by atoms with Gasteiger partial charge in [-0.25, -0.2) is 9.97 Å². The molecule has 0 aliphatic carbocycles. The second-order valence-electron chi connectivity index (χ2n) is 6.64. The highest BCUT2D eigenvalue weighted by molar-refractivity contribution is 5.69. The zero-order valence-electron chi connectivity index (χ0n) is 15.2. The van der Waals surface area contributed by atoms with Crippen LogP contribution in [0.2, 0.25) is 0 Å². The Bertz CT molecular complexity index is 854. The van der Waals surface area contributed by atoms with Crippen LogP contribution in [0.25, 0.3) is 11.2 Å². The van der Waals surface area contributed by atoms with E-state index < -0.39 is 0 Å². The highest BCUT2D eigenvalue weighted by Gasteiger charge is 2.19. The van der Waals surface area contributed by atoms with Crippen LogP contribution in [0.15, 0.2) is 48.9 Å². The number of ether oxygens (including phenoxy) is 1. The molecule has 1 saturated heterocycles. The number of methoxy groups -OCH3 is 1. The Morgan fingerprint density at radius 1 is 0.962 bits per heavy atom. The topological polar surface area (TPSA) is 46.4 Å². The van der Waals surface area contributed by atoms with E-state index in [9.17, 15) is 0 Å². The molecule has 3 aromatic rings. The first-order valence-electron chi connectivity index (χ1n) is 9.21. The molecule has 3 heterocycles. The quantitative estimate of drug-likeness (QED) is 0.683. The minimum atomic E-state index is 0.959. The van der Waals surface area contributed by atoms with Crippen molar-refractivity contribution in [3.63, 3.8) is 0 Å². The van der Waals surface area contributed by atoms with E-state index >= 15 is 0 Å². The first-order chi connectivity index (χ1) is 12.8. The van der Waals surface area contributed by atoms with Crippen LogP contribution in [0.1, 0.15) is 6.42 Å². The summed E-state index contributed by atoms with van der Waals surface area (Å²) < 4.78 is 7.65. The molecule has 6 nitrogen and oxygen atoms in total. The predicted octanol–water partition coefficient (Wildman–Crippen LogP) is 2.65. The van der Waals surface area contributed by atoms with Crippen LogP contribution < -0.4 is 9.64 Å². The molecule has 26 heavy (non-hydrogen) atoms. The zero-order chi connectivity index (χ0) is 17.8. The van der Waals surface area contributed by atoms with Crippen LogP contribution in [-0.2, 0) is 6.54 Å². The van der Waals surface area contributed by atoms with Gasteiger partial charge in [0.15, 0.2) is 5.65 Å². The van der Waals surface area contributed by atoms with Gasteiger partial charge >= 0.3 is 0 Å². The molecule has 0 saturated carbocycles. The number of aryl methyl sites for hydroxylation is 1. The van der Waals surface area contributed by atoms with Crippen LogP contribution in [0, 0.1) is 0 Å². The van der Waals surface area contributed by atoms with Gasteiger partial charge in [-0.15, -0.1) is 0 Å². The Kier molecular flexibility index (Phi) is 5.02. The van der Waals surface area contributed by atoms with Gasteiger partial charge in [-0.05, 0) is 37.2 Å². The van der Waals surface area contributed by atoms with Crippen LogP contribution in [0.5, 0.6) is 5.75 Å². The molecule has 0 bridgehead atoms. The van der Waals surface area contributed by atoms with Gasteiger partial charge in [0.05, 0.1) is 19.1 Å². The minimum Gasteiger partial charge on any atom is -0.495 e. The lowest BCUT2D eigenvalue weighted by Crippen LogP contribution is -2.46. The summed E-state index contributed by atoms with van der Waals surface area (Å²) in [6.07, 6.45) is 4.84. The van der Waals surface area contributed by atoms with Crippen molar-refractivity contribution in [1.82, 2.24) is 19.4 Å².